The van der Waals surface area contributed by atoms with Crippen LogP contribution in [-0.2, 0) is 4.74 Å². The molecule has 0 heterocycles. The molecule has 94 valence electrons. The number of hydrogen-bond acceptors (Lipinski definition) is 2. The average Bonchev–Trinajstić information content (AvgIpc) is 2.29. The first-order valence-electron chi connectivity index (χ1n) is 6.47. The molecule has 0 spiro atoms. The van der Waals surface area contributed by atoms with Crippen molar-refractivity contribution in [3.63, 3.8) is 0 Å². The van der Waals surface area contributed by atoms with Crippen molar-refractivity contribution < 1.29 is 4.74 Å². The minimum atomic E-state index is 0.252. The summed E-state index contributed by atoms with van der Waals surface area (Å²) >= 11 is 6.24. The molecule has 0 amide bonds. The molecule has 2 saturated carbocycles. The summed E-state index contributed by atoms with van der Waals surface area (Å²) in [6.07, 6.45) is 6.54. The molecule has 3 heteroatoms. The Hall–Kier alpha value is 0.210. The molecular formula is C13H24ClNO. The van der Waals surface area contributed by atoms with Crippen molar-refractivity contribution in [1.82, 2.24) is 5.32 Å². The number of alkyl halides is 1. The number of hydrogen-bond donors (Lipinski definition) is 1. The molecule has 2 nitrogen and oxygen atoms in total. The van der Waals surface area contributed by atoms with Crippen molar-refractivity contribution in [2.75, 3.05) is 7.11 Å². The van der Waals surface area contributed by atoms with E-state index in [2.05, 4.69) is 19.2 Å². The van der Waals surface area contributed by atoms with Crippen LogP contribution in [0.25, 0.3) is 0 Å². The lowest BCUT2D eigenvalue weighted by Crippen LogP contribution is -2.60. The molecule has 0 aliphatic heterocycles. The summed E-state index contributed by atoms with van der Waals surface area (Å²) in [4.78, 5) is 0. The molecule has 2 rings (SSSR count). The van der Waals surface area contributed by atoms with Crippen LogP contribution in [0.15, 0.2) is 0 Å². The van der Waals surface area contributed by atoms with Crippen LogP contribution >= 0.6 is 11.6 Å². The van der Waals surface area contributed by atoms with Gasteiger partial charge in [-0.15, -0.1) is 11.6 Å². The first-order valence-corrected chi connectivity index (χ1v) is 6.90. The van der Waals surface area contributed by atoms with Crippen molar-refractivity contribution in [3.05, 3.63) is 0 Å². The van der Waals surface area contributed by atoms with Crippen molar-refractivity contribution in [1.29, 1.82) is 0 Å². The maximum absolute atomic E-state index is 6.24. The Balaban J connectivity index is 1.82. The first-order chi connectivity index (χ1) is 7.54. The monoisotopic (exact) mass is 245 g/mol. The van der Waals surface area contributed by atoms with E-state index in [1.54, 1.807) is 0 Å². The lowest BCUT2D eigenvalue weighted by molar-refractivity contribution is 0.0398. The summed E-state index contributed by atoms with van der Waals surface area (Å²) in [7, 11) is 1.83. The fourth-order valence-corrected chi connectivity index (χ4v) is 3.28. The van der Waals surface area contributed by atoms with Gasteiger partial charge in [0.05, 0.1) is 6.10 Å². The molecule has 0 saturated heterocycles. The average molecular weight is 246 g/mol. The van der Waals surface area contributed by atoms with Crippen LogP contribution in [0, 0.1) is 5.41 Å². The first kappa shape index (κ1) is 12.7. The van der Waals surface area contributed by atoms with Crippen LogP contribution in [0.2, 0.25) is 0 Å². The fourth-order valence-electron chi connectivity index (χ4n) is 2.95. The highest BCUT2D eigenvalue weighted by atomic mass is 35.5. The maximum atomic E-state index is 6.24. The van der Waals surface area contributed by atoms with Gasteiger partial charge in [-0.1, -0.05) is 13.8 Å². The topological polar surface area (TPSA) is 21.3 Å². The van der Waals surface area contributed by atoms with E-state index >= 15 is 0 Å². The summed E-state index contributed by atoms with van der Waals surface area (Å²) in [6, 6.07) is 1.22. The van der Waals surface area contributed by atoms with Crippen molar-refractivity contribution in [3.8, 4) is 0 Å². The van der Waals surface area contributed by atoms with E-state index in [1.165, 1.54) is 19.3 Å². The molecule has 2 aliphatic carbocycles. The van der Waals surface area contributed by atoms with E-state index in [0.29, 0.717) is 23.6 Å². The Morgan fingerprint density at radius 2 is 2.00 bits per heavy atom. The van der Waals surface area contributed by atoms with Crippen molar-refractivity contribution >= 4 is 11.6 Å². The quantitative estimate of drug-likeness (QED) is 0.772. The highest BCUT2D eigenvalue weighted by Gasteiger charge is 2.47. The number of rotatable bonds is 3. The highest BCUT2D eigenvalue weighted by Crippen LogP contribution is 2.44. The summed E-state index contributed by atoms with van der Waals surface area (Å²) in [5, 5.41) is 4.12. The van der Waals surface area contributed by atoms with E-state index < -0.39 is 0 Å². The summed E-state index contributed by atoms with van der Waals surface area (Å²) < 4.78 is 5.46. The maximum Gasteiger partial charge on any atom is 0.0586 e. The molecule has 4 atom stereocenters. The van der Waals surface area contributed by atoms with E-state index in [1.807, 2.05) is 7.11 Å². The largest absolute Gasteiger partial charge is 0.381 e. The zero-order valence-corrected chi connectivity index (χ0v) is 11.4. The Kier molecular flexibility index (Phi) is 3.82. The summed E-state index contributed by atoms with van der Waals surface area (Å²) in [5.74, 6) is 0. The fraction of sp³-hybridized carbons (Fsp3) is 1.00. The van der Waals surface area contributed by atoms with Gasteiger partial charge in [-0.2, -0.15) is 0 Å². The van der Waals surface area contributed by atoms with Gasteiger partial charge in [-0.05, 0) is 37.5 Å². The Labute approximate surface area is 104 Å². The third-order valence-electron chi connectivity index (χ3n) is 4.54. The summed E-state index contributed by atoms with van der Waals surface area (Å²) in [5.41, 5.74) is 0.252. The highest BCUT2D eigenvalue weighted by molar-refractivity contribution is 6.21. The van der Waals surface area contributed by atoms with Gasteiger partial charge in [-0.25, -0.2) is 0 Å². The van der Waals surface area contributed by atoms with Gasteiger partial charge in [0, 0.05) is 24.6 Å². The molecule has 0 aromatic rings. The third kappa shape index (κ3) is 2.39. The van der Waals surface area contributed by atoms with Gasteiger partial charge in [0.2, 0.25) is 0 Å². The molecule has 4 unspecified atom stereocenters. The van der Waals surface area contributed by atoms with E-state index in [0.717, 1.165) is 12.8 Å². The molecule has 2 fully saturated rings. The number of methoxy groups -OCH3 is 1. The van der Waals surface area contributed by atoms with E-state index in [4.69, 9.17) is 16.3 Å². The number of nitrogens with one attached hydrogen (secondary N) is 1. The van der Waals surface area contributed by atoms with Crippen LogP contribution in [0.4, 0.5) is 0 Å². The van der Waals surface area contributed by atoms with Crippen molar-refractivity contribution in [2.45, 2.75) is 69.5 Å². The molecule has 0 aromatic carbocycles. The lowest BCUT2D eigenvalue weighted by atomic mass is 9.66. The van der Waals surface area contributed by atoms with Crippen LogP contribution in [0.3, 0.4) is 0 Å². The molecular weight excluding hydrogens is 222 g/mol. The van der Waals surface area contributed by atoms with E-state index in [-0.39, 0.29) is 5.41 Å². The Bertz CT molecular complexity index is 244. The minimum absolute atomic E-state index is 0.252. The van der Waals surface area contributed by atoms with Gasteiger partial charge in [-0.3, -0.25) is 0 Å². The van der Waals surface area contributed by atoms with Gasteiger partial charge in [0.1, 0.15) is 0 Å². The van der Waals surface area contributed by atoms with Crippen LogP contribution in [-0.4, -0.2) is 30.7 Å². The molecule has 0 radical (unpaired) electrons. The summed E-state index contributed by atoms with van der Waals surface area (Å²) in [6.45, 7) is 4.53. The van der Waals surface area contributed by atoms with Gasteiger partial charge >= 0.3 is 0 Å². The number of halogens is 1. The molecule has 0 aromatic heterocycles. The smallest absolute Gasteiger partial charge is 0.0586 e. The molecule has 0 bridgehead atoms. The van der Waals surface area contributed by atoms with Crippen LogP contribution < -0.4 is 5.32 Å². The second-order valence-electron chi connectivity index (χ2n) is 5.97. The normalized spacial score (nSPS) is 42.8. The van der Waals surface area contributed by atoms with Gasteiger partial charge in [0.15, 0.2) is 0 Å². The SMILES string of the molecule is COC1CCCC(NC2CC(Cl)C2(C)C)C1. The van der Waals surface area contributed by atoms with Gasteiger partial charge in [0.25, 0.3) is 0 Å². The van der Waals surface area contributed by atoms with Gasteiger partial charge < -0.3 is 10.1 Å². The Morgan fingerprint density at radius 3 is 2.56 bits per heavy atom. The van der Waals surface area contributed by atoms with Crippen molar-refractivity contribution in [2.24, 2.45) is 5.41 Å². The zero-order chi connectivity index (χ0) is 11.8. The molecule has 1 N–H and O–H groups in total. The third-order valence-corrected chi connectivity index (χ3v) is 5.28. The lowest BCUT2D eigenvalue weighted by Gasteiger charge is -2.51. The predicted octanol–water partition coefficient (Wildman–Crippen LogP) is 2.94. The predicted molar refractivity (Wildman–Crippen MR) is 68.0 cm³/mol. The van der Waals surface area contributed by atoms with E-state index in [9.17, 15) is 0 Å². The second kappa shape index (κ2) is 4.83. The van der Waals surface area contributed by atoms with Crippen LogP contribution in [0.1, 0.15) is 46.0 Å². The number of ether oxygens (including phenoxy) is 1. The van der Waals surface area contributed by atoms with Crippen LogP contribution in [0.5, 0.6) is 0 Å². The standard InChI is InChI=1S/C13H24ClNO/c1-13(2)11(14)8-12(13)15-9-5-4-6-10(7-9)16-3/h9-12,15H,4-8H2,1-3H3. The second-order valence-corrected chi connectivity index (χ2v) is 6.49. The minimum Gasteiger partial charge on any atom is -0.381 e. The zero-order valence-electron chi connectivity index (χ0n) is 10.6. The Morgan fingerprint density at radius 1 is 1.25 bits per heavy atom. The molecule has 2 aliphatic rings. The molecule has 16 heavy (non-hydrogen) atoms.